The van der Waals surface area contributed by atoms with Crippen LogP contribution in [0.2, 0.25) is 0 Å². The van der Waals surface area contributed by atoms with E-state index in [4.69, 9.17) is 0 Å². The number of aryl methyl sites for hydroxylation is 1. The highest BCUT2D eigenvalue weighted by Crippen LogP contribution is 2.17. The Hall–Kier alpha value is -2.43. The van der Waals surface area contributed by atoms with E-state index in [1.807, 2.05) is 38.1 Å². The molecule has 1 amide bonds. The molecular weight excluding hydrogens is 286 g/mol. The van der Waals surface area contributed by atoms with Gasteiger partial charge in [-0.1, -0.05) is 12.1 Å². The third kappa shape index (κ3) is 3.81. The van der Waals surface area contributed by atoms with Crippen molar-refractivity contribution in [3.05, 3.63) is 59.7 Å². The molecule has 0 saturated heterocycles. The number of benzene rings is 2. The minimum Gasteiger partial charge on any atom is -0.376 e. The predicted molar refractivity (Wildman–Crippen MR) is 84.1 cm³/mol. The van der Waals surface area contributed by atoms with Crippen LogP contribution in [0.5, 0.6) is 0 Å². The van der Waals surface area contributed by atoms with E-state index in [-0.39, 0.29) is 12.5 Å². The van der Waals surface area contributed by atoms with Gasteiger partial charge in [-0.05, 0) is 43.7 Å². The van der Waals surface area contributed by atoms with Crippen molar-refractivity contribution in [3.63, 3.8) is 0 Å². The van der Waals surface area contributed by atoms with E-state index in [1.54, 1.807) is 4.90 Å². The van der Waals surface area contributed by atoms with Crippen LogP contribution < -0.4 is 10.2 Å². The second-order valence-corrected chi connectivity index (χ2v) is 4.96. The number of nitrogens with one attached hydrogen (secondary N) is 1. The summed E-state index contributed by atoms with van der Waals surface area (Å²) in [5, 5.41) is 2.81. The fourth-order valence-electron chi connectivity index (χ4n) is 2.18. The van der Waals surface area contributed by atoms with E-state index in [0.29, 0.717) is 12.2 Å². The molecular formula is C17H18F2N2O. The van der Waals surface area contributed by atoms with Gasteiger partial charge in [-0.25, -0.2) is 8.78 Å². The van der Waals surface area contributed by atoms with Crippen molar-refractivity contribution in [1.82, 2.24) is 0 Å². The summed E-state index contributed by atoms with van der Waals surface area (Å²) in [5.41, 5.74) is 2.25. The average Bonchev–Trinajstić information content (AvgIpc) is 2.49. The SMILES string of the molecule is CCN(C(=O)CNc1ccc(F)c(F)c1)c1cccc(C)c1. The number of carbonyl (C=O) groups is 1. The summed E-state index contributed by atoms with van der Waals surface area (Å²) in [7, 11) is 0. The maximum atomic E-state index is 13.1. The highest BCUT2D eigenvalue weighted by molar-refractivity contribution is 5.96. The topological polar surface area (TPSA) is 32.3 Å². The van der Waals surface area contributed by atoms with Crippen molar-refractivity contribution >= 4 is 17.3 Å². The van der Waals surface area contributed by atoms with Crippen molar-refractivity contribution in [2.24, 2.45) is 0 Å². The zero-order chi connectivity index (χ0) is 16.1. The number of anilines is 2. The fraction of sp³-hybridized carbons (Fsp3) is 0.235. The molecule has 0 saturated carbocycles. The normalized spacial score (nSPS) is 10.4. The van der Waals surface area contributed by atoms with Crippen LogP contribution in [0.15, 0.2) is 42.5 Å². The molecule has 0 radical (unpaired) electrons. The van der Waals surface area contributed by atoms with E-state index in [0.717, 1.165) is 23.4 Å². The number of rotatable bonds is 5. The first-order valence-electron chi connectivity index (χ1n) is 7.07. The van der Waals surface area contributed by atoms with Gasteiger partial charge >= 0.3 is 0 Å². The molecule has 2 aromatic carbocycles. The molecule has 116 valence electrons. The van der Waals surface area contributed by atoms with E-state index >= 15 is 0 Å². The van der Waals surface area contributed by atoms with Gasteiger partial charge in [0.1, 0.15) is 0 Å². The molecule has 0 heterocycles. The molecule has 2 rings (SSSR count). The Morgan fingerprint density at radius 2 is 1.91 bits per heavy atom. The second-order valence-electron chi connectivity index (χ2n) is 4.96. The van der Waals surface area contributed by atoms with Crippen LogP contribution in [0.25, 0.3) is 0 Å². The van der Waals surface area contributed by atoms with Crippen LogP contribution in [0, 0.1) is 18.6 Å². The number of hydrogen-bond acceptors (Lipinski definition) is 2. The first kappa shape index (κ1) is 15.9. The number of hydrogen-bond donors (Lipinski definition) is 1. The molecule has 0 aliphatic carbocycles. The number of amides is 1. The predicted octanol–water partition coefficient (Wildman–Crippen LogP) is 3.74. The molecule has 0 unspecified atom stereocenters. The van der Waals surface area contributed by atoms with Crippen molar-refractivity contribution in [2.75, 3.05) is 23.3 Å². The molecule has 0 spiro atoms. The molecule has 0 bridgehead atoms. The van der Waals surface area contributed by atoms with Gasteiger partial charge < -0.3 is 10.2 Å². The molecule has 0 aliphatic rings. The van der Waals surface area contributed by atoms with E-state index in [2.05, 4.69) is 5.32 Å². The van der Waals surface area contributed by atoms with E-state index in [1.165, 1.54) is 6.07 Å². The summed E-state index contributed by atoms with van der Waals surface area (Å²) in [5.74, 6) is -1.99. The second kappa shape index (κ2) is 7.02. The summed E-state index contributed by atoms with van der Waals surface area (Å²) in [6.07, 6.45) is 0. The van der Waals surface area contributed by atoms with Gasteiger partial charge in [0.05, 0.1) is 6.54 Å². The smallest absolute Gasteiger partial charge is 0.246 e. The summed E-state index contributed by atoms with van der Waals surface area (Å²) < 4.78 is 26.0. The standard InChI is InChI=1S/C17H18F2N2O/c1-3-21(14-6-4-5-12(2)9-14)17(22)11-20-13-7-8-15(18)16(19)10-13/h4-10,20H,3,11H2,1-2H3. The maximum absolute atomic E-state index is 13.1. The maximum Gasteiger partial charge on any atom is 0.246 e. The summed E-state index contributed by atoms with van der Waals surface area (Å²) in [4.78, 5) is 13.9. The molecule has 1 N–H and O–H groups in total. The molecule has 5 heteroatoms. The highest BCUT2D eigenvalue weighted by atomic mass is 19.2. The third-order valence-electron chi connectivity index (χ3n) is 3.29. The Kier molecular flexibility index (Phi) is 5.09. The number of carbonyl (C=O) groups excluding carboxylic acids is 1. The molecule has 0 atom stereocenters. The van der Waals surface area contributed by atoms with E-state index in [9.17, 15) is 13.6 Å². The minimum absolute atomic E-state index is 0.00680. The lowest BCUT2D eigenvalue weighted by atomic mass is 10.2. The molecule has 0 fully saturated rings. The third-order valence-corrected chi connectivity index (χ3v) is 3.29. The fourth-order valence-corrected chi connectivity index (χ4v) is 2.18. The average molecular weight is 304 g/mol. The van der Waals surface area contributed by atoms with Crippen molar-refractivity contribution in [3.8, 4) is 0 Å². The van der Waals surface area contributed by atoms with E-state index < -0.39 is 11.6 Å². The zero-order valence-electron chi connectivity index (χ0n) is 12.6. The zero-order valence-corrected chi connectivity index (χ0v) is 12.6. The largest absolute Gasteiger partial charge is 0.376 e. The monoisotopic (exact) mass is 304 g/mol. The van der Waals surface area contributed by atoms with Crippen LogP contribution in [0.1, 0.15) is 12.5 Å². The Morgan fingerprint density at radius 3 is 2.55 bits per heavy atom. The van der Waals surface area contributed by atoms with Crippen molar-refractivity contribution < 1.29 is 13.6 Å². The van der Waals surface area contributed by atoms with Crippen molar-refractivity contribution in [2.45, 2.75) is 13.8 Å². The van der Waals surface area contributed by atoms with Gasteiger partial charge in [0.15, 0.2) is 11.6 Å². The molecule has 0 aliphatic heterocycles. The number of nitrogens with zero attached hydrogens (tertiary/aromatic N) is 1. The molecule has 0 aromatic heterocycles. The minimum atomic E-state index is -0.941. The first-order valence-corrected chi connectivity index (χ1v) is 7.07. The lowest BCUT2D eigenvalue weighted by Gasteiger charge is -2.22. The quantitative estimate of drug-likeness (QED) is 0.912. The van der Waals surface area contributed by atoms with Crippen LogP contribution in [-0.4, -0.2) is 19.0 Å². The van der Waals surface area contributed by atoms with Gasteiger partial charge in [0, 0.05) is 24.0 Å². The Morgan fingerprint density at radius 1 is 1.14 bits per heavy atom. The first-order chi connectivity index (χ1) is 10.5. The van der Waals surface area contributed by atoms with Gasteiger partial charge in [-0.2, -0.15) is 0 Å². The molecule has 3 nitrogen and oxygen atoms in total. The van der Waals surface area contributed by atoms with Gasteiger partial charge in [0.2, 0.25) is 5.91 Å². The van der Waals surface area contributed by atoms with Crippen LogP contribution >= 0.6 is 0 Å². The Balaban J connectivity index is 2.05. The van der Waals surface area contributed by atoms with Gasteiger partial charge in [-0.3, -0.25) is 4.79 Å². The number of halogens is 2. The summed E-state index contributed by atoms with van der Waals surface area (Å²) >= 11 is 0. The van der Waals surface area contributed by atoms with Crippen LogP contribution in [-0.2, 0) is 4.79 Å². The lowest BCUT2D eigenvalue weighted by Crippen LogP contribution is -2.35. The van der Waals surface area contributed by atoms with Crippen LogP contribution in [0.3, 0.4) is 0 Å². The Labute approximate surface area is 128 Å². The lowest BCUT2D eigenvalue weighted by molar-refractivity contribution is -0.116. The van der Waals surface area contributed by atoms with Gasteiger partial charge in [-0.15, -0.1) is 0 Å². The number of likely N-dealkylation sites (N-methyl/N-ethyl adjacent to an activating group) is 1. The Bertz CT molecular complexity index is 673. The summed E-state index contributed by atoms with van der Waals surface area (Å²) in [6, 6.07) is 11.1. The highest BCUT2D eigenvalue weighted by Gasteiger charge is 2.14. The summed E-state index contributed by atoms with van der Waals surface area (Å²) in [6.45, 7) is 4.38. The van der Waals surface area contributed by atoms with Crippen molar-refractivity contribution in [1.29, 1.82) is 0 Å². The van der Waals surface area contributed by atoms with Gasteiger partial charge in [0.25, 0.3) is 0 Å². The molecule has 2 aromatic rings. The van der Waals surface area contributed by atoms with Crippen LogP contribution in [0.4, 0.5) is 20.2 Å². The molecule has 22 heavy (non-hydrogen) atoms.